The lowest BCUT2D eigenvalue weighted by Crippen LogP contribution is -2.39. The highest BCUT2D eigenvalue weighted by Crippen LogP contribution is 2.19. The van der Waals surface area contributed by atoms with Gasteiger partial charge in [0.05, 0.1) is 6.10 Å². The molecule has 0 aromatic carbocycles. The van der Waals surface area contributed by atoms with Crippen molar-refractivity contribution in [1.29, 1.82) is 0 Å². The fraction of sp³-hybridized carbons (Fsp3) is 1.00. The van der Waals surface area contributed by atoms with Crippen LogP contribution in [0.25, 0.3) is 0 Å². The van der Waals surface area contributed by atoms with E-state index < -0.39 is 0 Å². The molecule has 0 spiro atoms. The van der Waals surface area contributed by atoms with Gasteiger partial charge in [0.2, 0.25) is 0 Å². The number of nitrogens with two attached hydrogens (primary N) is 1. The normalized spacial score (nSPS) is 19.7. The van der Waals surface area contributed by atoms with Gasteiger partial charge in [-0.05, 0) is 38.1 Å². The monoisotopic (exact) mass is 270 g/mol. The summed E-state index contributed by atoms with van der Waals surface area (Å²) in [6, 6.07) is 0. The number of nitrogens with zero attached hydrogens (tertiary/aromatic N) is 1. The van der Waals surface area contributed by atoms with Crippen molar-refractivity contribution in [3.63, 3.8) is 0 Å². The van der Waals surface area contributed by atoms with E-state index in [4.69, 9.17) is 10.5 Å². The minimum atomic E-state index is 0.485. The van der Waals surface area contributed by atoms with Crippen LogP contribution in [0.3, 0.4) is 0 Å². The zero-order valence-electron chi connectivity index (χ0n) is 13.1. The van der Waals surface area contributed by atoms with E-state index in [2.05, 4.69) is 18.7 Å². The standard InChI is InChI=1S/C16H34N2O/c1-3-5-7-15(4-2)14-18-11-8-16(9-12-18)19-13-6-10-17/h15-16H,3-14,17H2,1-2H3. The van der Waals surface area contributed by atoms with Crippen LogP contribution in [0.4, 0.5) is 0 Å². The molecule has 2 N–H and O–H groups in total. The Hall–Kier alpha value is -0.120. The Morgan fingerprint density at radius 3 is 2.53 bits per heavy atom. The molecule has 1 aliphatic heterocycles. The maximum absolute atomic E-state index is 5.86. The number of piperidine rings is 1. The van der Waals surface area contributed by atoms with Crippen LogP contribution in [0.5, 0.6) is 0 Å². The van der Waals surface area contributed by atoms with Crippen LogP contribution in [0.2, 0.25) is 0 Å². The van der Waals surface area contributed by atoms with Gasteiger partial charge in [-0.2, -0.15) is 0 Å². The molecule has 3 nitrogen and oxygen atoms in total. The first kappa shape index (κ1) is 16.9. The first-order valence-electron chi connectivity index (χ1n) is 8.34. The van der Waals surface area contributed by atoms with Crippen LogP contribution in [0.1, 0.15) is 58.8 Å². The molecule has 0 aliphatic carbocycles. The molecule has 1 aliphatic rings. The van der Waals surface area contributed by atoms with Crippen LogP contribution in [-0.4, -0.2) is 43.8 Å². The highest BCUT2D eigenvalue weighted by Gasteiger charge is 2.21. The topological polar surface area (TPSA) is 38.5 Å². The van der Waals surface area contributed by atoms with Crippen molar-refractivity contribution in [2.24, 2.45) is 11.7 Å². The van der Waals surface area contributed by atoms with Crippen molar-refractivity contribution >= 4 is 0 Å². The van der Waals surface area contributed by atoms with E-state index in [1.807, 2.05) is 0 Å². The molecule has 0 saturated carbocycles. The predicted octanol–water partition coefficient (Wildman–Crippen LogP) is 3.03. The maximum Gasteiger partial charge on any atom is 0.0599 e. The molecule has 3 heteroatoms. The smallest absolute Gasteiger partial charge is 0.0599 e. The van der Waals surface area contributed by atoms with Crippen LogP contribution >= 0.6 is 0 Å². The van der Waals surface area contributed by atoms with E-state index in [1.54, 1.807) is 0 Å². The maximum atomic E-state index is 5.86. The summed E-state index contributed by atoms with van der Waals surface area (Å²) < 4.78 is 5.86. The third-order valence-electron chi connectivity index (χ3n) is 4.30. The Morgan fingerprint density at radius 2 is 1.95 bits per heavy atom. The summed E-state index contributed by atoms with van der Waals surface area (Å²) in [5.41, 5.74) is 5.49. The van der Waals surface area contributed by atoms with Crippen molar-refractivity contribution in [3.8, 4) is 0 Å². The van der Waals surface area contributed by atoms with Crippen molar-refractivity contribution < 1.29 is 4.74 Å². The molecular weight excluding hydrogens is 236 g/mol. The summed E-state index contributed by atoms with van der Waals surface area (Å²) in [5, 5.41) is 0. The number of hydrogen-bond donors (Lipinski definition) is 1. The van der Waals surface area contributed by atoms with Gasteiger partial charge in [-0.3, -0.25) is 0 Å². The summed E-state index contributed by atoms with van der Waals surface area (Å²) in [7, 11) is 0. The Balaban J connectivity index is 2.14. The minimum absolute atomic E-state index is 0.485. The Kier molecular flexibility index (Phi) is 9.48. The number of likely N-dealkylation sites (tertiary alicyclic amines) is 1. The predicted molar refractivity (Wildman–Crippen MR) is 82.4 cm³/mol. The van der Waals surface area contributed by atoms with Crippen LogP contribution < -0.4 is 5.73 Å². The third-order valence-corrected chi connectivity index (χ3v) is 4.30. The molecule has 1 saturated heterocycles. The number of hydrogen-bond acceptors (Lipinski definition) is 3. The lowest BCUT2D eigenvalue weighted by atomic mass is 9.97. The van der Waals surface area contributed by atoms with Gasteiger partial charge in [-0.15, -0.1) is 0 Å². The Morgan fingerprint density at radius 1 is 1.21 bits per heavy atom. The Labute approximate surface area is 119 Å². The zero-order valence-corrected chi connectivity index (χ0v) is 13.1. The lowest BCUT2D eigenvalue weighted by molar-refractivity contribution is 0.00394. The molecule has 1 rings (SSSR count). The largest absolute Gasteiger partial charge is 0.378 e. The highest BCUT2D eigenvalue weighted by molar-refractivity contribution is 4.74. The quantitative estimate of drug-likeness (QED) is 0.620. The molecule has 114 valence electrons. The average Bonchev–Trinajstić information content (AvgIpc) is 2.45. The molecular formula is C16H34N2O. The summed E-state index contributed by atoms with van der Waals surface area (Å²) in [4.78, 5) is 2.65. The first-order valence-corrected chi connectivity index (χ1v) is 8.34. The van der Waals surface area contributed by atoms with E-state index in [1.165, 1.54) is 58.2 Å². The molecule has 0 aromatic rings. The van der Waals surface area contributed by atoms with Gasteiger partial charge in [0, 0.05) is 26.2 Å². The van der Waals surface area contributed by atoms with Gasteiger partial charge in [-0.25, -0.2) is 0 Å². The van der Waals surface area contributed by atoms with Gasteiger partial charge in [0.1, 0.15) is 0 Å². The second kappa shape index (κ2) is 10.6. The summed E-state index contributed by atoms with van der Waals surface area (Å²) in [5.74, 6) is 0.898. The van der Waals surface area contributed by atoms with E-state index in [0.29, 0.717) is 6.10 Å². The van der Waals surface area contributed by atoms with E-state index >= 15 is 0 Å². The SMILES string of the molecule is CCCCC(CC)CN1CCC(OCCCN)CC1. The molecule has 0 amide bonds. The summed E-state index contributed by atoms with van der Waals surface area (Å²) >= 11 is 0. The van der Waals surface area contributed by atoms with Gasteiger partial charge < -0.3 is 15.4 Å². The van der Waals surface area contributed by atoms with Gasteiger partial charge in [-0.1, -0.05) is 33.1 Å². The van der Waals surface area contributed by atoms with Crippen molar-refractivity contribution in [2.45, 2.75) is 64.9 Å². The van der Waals surface area contributed by atoms with E-state index in [0.717, 1.165) is 25.5 Å². The van der Waals surface area contributed by atoms with Gasteiger partial charge in [0.25, 0.3) is 0 Å². The fourth-order valence-electron chi connectivity index (χ4n) is 2.87. The number of unbranched alkanes of at least 4 members (excludes halogenated alkanes) is 1. The molecule has 1 fully saturated rings. The van der Waals surface area contributed by atoms with E-state index in [-0.39, 0.29) is 0 Å². The number of rotatable bonds is 10. The third kappa shape index (κ3) is 7.28. The second-order valence-electron chi connectivity index (χ2n) is 5.93. The highest BCUT2D eigenvalue weighted by atomic mass is 16.5. The molecule has 1 heterocycles. The minimum Gasteiger partial charge on any atom is -0.378 e. The van der Waals surface area contributed by atoms with Crippen molar-refractivity contribution in [2.75, 3.05) is 32.8 Å². The molecule has 1 unspecified atom stereocenters. The van der Waals surface area contributed by atoms with Crippen LogP contribution in [0, 0.1) is 5.92 Å². The molecule has 0 aromatic heterocycles. The van der Waals surface area contributed by atoms with Crippen molar-refractivity contribution in [3.05, 3.63) is 0 Å². The van der Waals surface area contributed by atoms with Crippen LogP contribution in [0.15, 0.2) is 0 Å². The van der Waals surface area contributed by atoms with Gasteiger partial charge in [0.15, 0.2) is 0 Å². The fourth-order valence-corrected chi connectivity index (χ4v) is 2.87. The zero-order chi connectivity index (χ0) is 13.9. The number of ether oxygens (including phenoxy) is 1. The van der Waals surface area contributed by atoms with Gasteiger partial charge >= 0.3 is 0 Å². The lowest BCUT2D eigenvalue weighted by Gasteiger charge is -2.34. The van der Waals surface area contributed by atoms with E-state index in [9.17, 15) is 0 Å². The van der Waals surface area contributed by atoms with Crippen LogP contribution in [-0.2, 0) is 4.74 Å². The summed E-state index contributed by atoms with van der Waals surface area (Å²) in [6.45, 7) is 9.95. The second-order valence-corrected chi connectivity index (χ2v) is 5.93. The molecule has 0 bridgehead atoms. The Bertz CT molecular complexity index is 203. The molecule has 1 atom stereocenters. The molecule has 0 radical (unpaired) electrons. The van der Waals surface area contributed by atoms with Crippen molar-refractivity contribution in [1.82, 2.24) is 4.90 Å². The first-order chi connectivity index (χ1) is 9.30. The molecule has 19 heavy (non-hydrogen) atoms. The average molecular weight is 270 g/mol. The summed E-state index contributed by atoms with van der Waals surface area (Å²) in [6.07, 6.45) is 9.33.